The third-order valence-electron chi connectivity index (χ3n) is 2.27. The fraction of sp³-hybridized carbons (Fsp3) is 0.727. The quantitative estimate of drug-likeness (QED) is 0.783. The summed E-state index contributed by atoms with van der Waals surface area (Å²) < 4.78 is 1.90. The number of hydrogen-bond donors (Lipinski definition) is 2. The molecule has 0 aromatic carbocycles. The smallest absolute Gasteiger partial charge is 0.234 e. The summed E-state index contributed by atoms with van der Waals surface area (Å²) in [7, 11) is 1.90. The highest BCUT2D eigenvalue weighted by Gasteiger charge is 2.13. The second-order valence-corrected chi connectivity index (χ2v) is 5.12. The Balaban J connectivity index is 2.34. The SMILES string of the molecule is Cc1nnc(CNCC(=O)NC(C)(C)C)n1C. The summed E-state index contributed by atoms with van der Waals surface area (Å²) in [6, 6.07) is 0. The van der Waals surface area contributed by atoms with Crippen molar-refractivity contribution in [2.75, 3.05) is 6.54 Å². The van der Waals surface area contributed by atoms with Crippen molar-refractivity contribution in [2.24, 2.45) is 7.05 Å². The number of amides is 1. The summed E-state index contributed by atoms with van der Waals surface area (Å²) in [5, 5.41) is 13.9. The van der Waals surface area contributed by atoms with E-state index in [0.717, 1.165) is 11.6 Å². The summed E-state index contributed by atoms with van der Waals surface area (Å²) >= 11 is 0. The molecule has 0 fully saturated rings. The van der Waals surface area contributed by atoms with Crippen molar-refractivity contribution >= 4 is 5.91 Å². The van der Waals surface area contributed by atoms with E-state index in [9.17, 15) is 4.79 Å². The normalized spacial score (nSPS) is 11.6. The first-order chi connectivity index (χ1) is 7.79. The van der Waals surface area contributed by atoms with Gasteiger partial charge in [0.1, 0.15) is 11.6 Å². The Labute approximate surface area is 102 Å². The van der Waals surface area contributed by atoms with Crippen LogP contribution in [0.1, 0.15) is 32.4 Å². The number of carbonyl (C=O) groups is 1. The van der Waals surface area contributed by atoms with E-state index in [4.69, 9.17) is 0 Å². The Hall–Kier alpha value is -1.43. The summed E-state index contributed by atoms with van der Waals surface area (Å²) in [6.45, 7) is 8.58. The van der Waals surface area contributed by atoms with Gasteiger partial charge in [-0.2, -0.15) is 0 Å². The first-order valence-corrected chi connectivity index (χ1v) is 5.66. The van der Waals surface area contributed by atoms with Gasteiger partial charge in [-0.25, -0.2) is 0 Å². The molecule has 96 valence electrons. The fourth-order valence-electron chi connectivity index (χ4n) is 1.36. The van der Waals surface area contributed by atoms with Crippen molar-refractivity contribution in [3.63, 3.8) is 0 Å². The monoisotopic (exact) mass is 239 g/mol. The molecule has 0 aliphatic rings. The van der Waals surface area contributed by atoms with Crippen LogP contribution in [-0.4, -0.2) is 32.8 Å². The van der Waals surface area contributed by atoms with Gasteiger partial charge < -0.3 is 15.2 Å². The van der Waals surface area contributed by atoms with Crippen LogP contribution in [0.2, 0.25) is 0 Å². The van der Waals surface area contributed by atoms with Crippen LogP contribution in [0.4, 0.5) is 0 Å². The third-order valence-corrected chi connectivity index (χ3v) is 2.27. The molecule has 17 heavy (non-hydrogen) atoms. The molecule has 1 rings (SSSR count). The molecule has 1 amide bonds. The highest BCUT2D eigenvalue weighted by molar-refractivity contribution is 5.78. The van der Waals surface area contributed by atoms with Gasteiger partial charge in [-0.3, -0.25) is 4.79 Å². The molecule has 0 radical (unpaired) electrons. The van der Waals surface area contributed by atoms with Gasteiger partial charge in [-0.05, 0) is 27.7 Å². The average Bonchev–Trinajstić information content (AvgIpc) is 2.46. The zero-order chi connectivity index (χ0) is 13.1. The van der Waals surface area contributed by atoms with Gasteiger partial charge in [-0.15, -0.1) is 10.2 Å². The van der Waals surface area contributed by atoms with Crippen LogP contribution in [0.5, 0.6) is 0 Å². The molecule has 1 heterocycles. The van der Waals surface area contributed by atoms with Crippen LogP contribution in [0.15, 0.2) is 0 Å². The van der Waals surface area contributed by atoms with Crippen molar-refractivity contribution in [1.82, 2.24) is 25.4 Å². The van der Waals surface area contributed by atoms with Crippen LogP contribution in [0, 0.1) is 6.92 Å². The van der Waals surface area contributed by atoms with Gasteiger partial charge in [0.15, 0.2) is 0 Å². The minimum absolute atomic E-state index is 0.0172. The van der Waals surface area contributed by atoms with E-state index in [1.807, 2.05) is 39.3 Å². The third kappa shape index (κ3) is 4.52. The molecule has 0 unspecified atom stereocenters. The second kappa shape index (κ2) is 5.27. The zero-order valence-corrected chi connectivity index (χ0v) is 11.2. The Morgan fingerprint density at radius 1 is 1.35 bits per heavy atom. The van der Waals surface area contributed by atoms with Gasteiger partial charge in [0.25, 0.3) is 0 Å². The van der Waals surface area contributed by atoms with Gasteiger partial charge >= 0.3 is 0 Å². The minimum Gasteiger partial charge on any atom is -0.350 e. The summed E-state index contributed by atoms with van der Waals surface area (Å²) in [5.74, 6) is 1.67. The van der Waals surface area contributed by atoms with Crippen LogP contribution < -0.4 is 10.6 Å². The first-order valence-electron chi connectivity index (χ1n) is 5.66. The van der Waals surface area contributed by atoms with Crippen LogP contribution in [-0.2, 0) is 18.4 Å². The lowest BCUT2D eigenvalue weighted by molar-refractivity contribution is -0.121. The lowest BCUT2D eigenvalue weighted by Gasteiger charge is -2.20. The maximum absolute atomic E-state index is 11.5. The number of aryl methyl sites for hydroxylation is 1. The topological polar surface area (TPSA) is 71.8 Å². The predicted molar refractivity (Wildman–Crippen MR) is 65.3 cm³/mol. The number of aromatic nitrogens is 3. The highest BCUT2D eigenvalue weighted by Crippen LogP contribution is 1.98. The van der Waals surface area contributed by atoms with Gasteiger partial charge in [0, 0.05) is 12.6 Å². The number of nitrogens with one attached hydrogen (secondary N) is 2. The van der Waals surface area contributed by atoms with E-state index < -0.39 is 0 Å². The Morgan fingerprint density at radius 3 is 2.47 bits per heavy atom. The summed E-state index contributed by atoms with van der Waals surface area (Å²) in [6.07, 6.45) is 0. The Morgan fingerprint density at radius 2 is 2.00 bits per heavy atom. The van der Waals surface area contributed by atoms with Crippen LogP contribution in [0.3, 0.4) is 0 Å². The van der Waals surface area contributed by atoms with E-state index in [1.165, 1.54) is 0 Å². The molecule has 0 aliphatic carbocycles. The molecule has 2 N–H and O–H groups in total. The zero-order valence-electron chi connectivity index (χ0n) is 11.2. The van der Waals surface area contributed by atoms with E-state index >= 15 is 0 Å². The van der Waals surface area contributed by atoms with Crippen molar-refractivity contribution in [3.8, 4) is 0 Å². The fourth-order valence-corrected chi connectivity index (χ4v) is 1.36. The molecule has 0 bridgehead atoms. The Bertz CT molecular complexity index is 391. The summed E-state index contributed by atoms with van der Waals surface area (Å²) in [4.78, 5) is 11.5. The molecule has 6 heteroatoms. The molecule has 1 aromatic heterocycles. The number of carbonyl (C=O) groups excluding carboxylic acids is 1. The van der Waals surface area contributed by atoms with Gasteiger partial charge in [-0.1, -0.05) is 0 Å². The molecule has 0 saturated heterocycles. The van der Waals surface area contributed by atoms with E-state index in [1.54, 1.807) is 0 Å². The van der Waals surface area contributed by atoms with Gasteiger partial charge in [0.05, 0.1) is 13.1 Å². The lowest BCUT2D eigenvalue weighted by Crippen LogP contribution is -2.44. The largest absolute Gasteiger partial charge is 0.350 e. The highest BCUT2D eigenvalue weighted by atomic mass is 16.2. The van der Waals surface area contributed by atoms with Crippen LogP contribution in [0.25, 0.3) is 0 Å². The lowest BCUT2D eigenvalue weighted by atomic mass is 10.1. The van der Waals surface area contributed by atoms with Crippen molar-refractivity contribution in [3.05, 3.63) is 11.6 Å². The molecule has 0 aliphatic heterocycles. The average molecular weight is 239 g/mol. The maximum Gasteiger partial charge on any atom is 0.234 e. The van der Waals surface area contributed by atoms with Crippen molar-refractivity contribution in [1.29, 1.82) is 0 Å². The van der Waals surface area contributed by atoms with Gasteiger partial charge in [0.2, 0.25) is 5.91 Å². The molecule has 0 saturated carbocycles. The van der Waals surface area contributed by atoms with Crippen LogP contribution >= 0.6 is 0 Å². The minimum atomic E-state index is -0.194. The van der Waals surface area contributed by atoms with E-state index in [-0.39, 0.29) is 18.0 Å². The maximum atomic E-state index is 11.5. The van der Waals surface area contributed by atoms with E-state index in [0.29, 0.717) is 6.54 Å². The number of rotatable bonds is 4. The van der Waals surface area contributed by atoms with Crippen molar-refractivity contribution in [2.45, 2.75) is 39.8 Å². The molecule has 0 spiro atoms. The first kappa shape index (κ1) is 13.6. The Kier molecular flexibility index (Phi) is 4.22. The second-order valence-electron chi connectivity index (χ2n) is 5.12. The summed E-state index contributed by atoms with van der Waals surface area (Å²) in [5.41, 5.74) is -0.194. The molecular formula is C11H21N5O. The molecule has 1 aromatic rings. The van der Waals surface area contributed by atoms with E-state index in [2.05, 4.69) is 20.8 Å². The van der Waals surface area contributed by atoms with Crippen molar-refractivity contribution < 1.29 is 4.79 Å². The molecule has 6 nitrogen and oxygen atoms in total. The molecular weight excluding hydrogens is 218 g/mol. The predicted octanol–water partition coefficient (Wildman–Crippen LogP) is 0.128. The number of nitrogens with zero attached hydrogens (tertiary/aromatic N) is 3. The number of hydrogen-bond acceptors (Lipinski definition) is 4. The molecule has 0 atom stereocenters. The standard InChI is InChI=1S/C11H21N5O/c1-8-14-15-9(16(8)5)6-12-7-10(17)13-11(2,3)4/h12H,6-7H2,1-5H3,(H,13,17).